The Kier molecular flexibility index (Phi) is 5.71. The number of benzene rings is 2. The Morgan fingerprint density at radius 1 is 1.09 bits per heavy atom. The van der Waals surface area contributed by atoms with Gasteiger partial charge in [0.15, 0.2) is 6.10 Å². The normalized spacial score (nSPS) is 11.5. The van der Waals surface area contributed by atoms with Gasteiger partial charge in [-0.15, -0.1) is 0 Å². The number of nitrogens with one attached hydrogen (secondary N) is 1. The first-order valence-electron chi connectivity index (χ1n) is 6.99. The van der Waals surface area contributed by atoms with E-state index < -0.39 is 6.10 Å². The molecule has 2 aromatic carbocycles. The van der Waals surface area contributed by atoms with E-state index in [0.29, 0.717) is 28.0 Å². The first-order valence-corrected chi connectivity index (χ1v) is 7.37. The molecule has 1 amide bonds. The molecule has 1 N–H and O–H groups in total. The molecule has 0 aliphatic heterocycles. The SMILES string of the molecule is COc1ccc(OC)c(NC(=O)[C@H](C)Oc2ccccc2Cl)c1. The van der Waals surface area contributed by atoms with Crippen molar-refractivity contribution in [1.29, 1.82) is 0 Å². The highest BCUT2D eigenvalue weighted by Gasteiger charge is 2.18. The van der Waals surface area contributed by atoms with E-state index in [2.05, 4.69) is 5.32 Å². The quantitative estimate of drug-likeness (QED) is 0.873. The van der Waals surface area contributed by atoms with E-state index in [1.54, 1.807) is 56.5 Å². The van der Waals surface area contributed by atoms with E-state index in [0.717, 1.165) is 0 Å². The molecule has 0 aromatic heterocycles. The highest BCUT2D eigenvalue weighted by Crippen LogP contribution is 2.29. The molecule has 0 bridgehead atoms. The molecule has 0 fully saturated rings. The Labute approximate surface area is 140 Å². The van der Waals surface area contributed by atoms with E-state index in [4.69, 9.17) is 25.8 Å². The maximum absolute atomic E-state index is 12.3. The van der Waals surface area contributed by atoms with Gasteiger partial charge in [-0.2, -0.15) is 0 Å². The molecule has 23 heavy (non-hydrogen) atoms. The first-order chi connectivity index (χ1) is 11.0. The Hall–Kier alpha value is -2.40. The van der Waals surface area contributed by atoms with Crippen LogP contribution in [-0.2, 0) is 4.79 Å². The summed E-state index contributed by atoms with van der Waals surface area (Å²) in [5.74, 6) is 1.27. The molecule has 0 saturated heterocycles. The summed E-state index contributed by atoms with van der Waals surface area (Å²) < 4.78 is 16.0. The summed E-state index contributed by atoms with van der Waals surface area (Å²) in [5.41, 5.74) is 0.506. The maximum atomic E-state index is 12.3. The number of amides is 1. The summed E-state index contributed by atoms with van der Waals surface area (Å²) in [6, 6.07) is 12.1. The average Bonchev–Trinajstić information content (AvgIpc) is 2.56. The number of ether oxygens (including phenoxy) is 3. The van der Waals surface area contributed by atoms with Crippen LogP contribution in [0, 0.1) is 0 Å². The van der Waals surface area contributed by atoms with Gasteiger partial charge in [-0.1, -0.05) is 23.7 Å². The molecule has 6 heteroatoms. The third-order valence-electron chi connectivity index (χ3n) is 3.17. The van der Waals surface area contributed by atoms with Gasteiger partial charge < -0.3 is 19.5 Å². The van der Waals surface area contributed by atoms with Crippen LogP contribution in [0.4, 0.5) is 5.69 Å². The smallest absolute Gasteiger partial charge is 0.265 e. The largest absolute Gasteiger partial charge is 0.497 e. The van der Waals surface area contributed by atoms with Crippen LogP contribution in [0.25, 0.3) is 0 Å². The van der Waals surface area contributed by atoms with Crippen molar-refractivity contribution >= 4 is 23.2 Å². The van der Waals surface area contributed by atoms with Crippen LogP contribution >= 0.6 is 11.6 Å². The van der Waals surface area contributed by atoms with Gasteiger partial charge in [0.25, 0.3) is 5.91 Å². The summed E-state index contributed by atoms with van der Waals surface area (Å²) in [6.07, 6.45) is -0.731. The van der Waals surface area contributed by atoms with E-state index in [1.807, 2.05) is 0 Å². The molecule has 1 atom stereocenters. The van der Waals surface area contributed by atoms with Crippen molar-refractivity contribution in [1.82, 2.24) is 0 Å². The van der Waals surface area contributed by atoms with Crippen molar-refractivity contribution in [2.75, 3.05) is 19.5 Å². The van der Waals surface area contributed by atoms with Crippen LogP contribution in [0.2, 0.25) is 5.02 Å². The third-order valence-corrected chi connectivity index (χ3v) is 3.49. The van der Waals surface area contributed by atoms with Crippen molar-refractivity contribution in [3.05, 3.63) is 47.5 Å². The second-order valence-electron chi connectivity index (χ2n) is 4.75. The number of hydrogen-bond acceptors (Lipinski definition) is 4. The fourth-order valence-electron chi connectivity index (χ4n) is 1.93. The number of carbonyl (C=O) groups is 1. The number of methoxy groups -OCH3 is 2. The van der Waals surface area contributed by atoms with Gasteiger partial charge in [-0.25, -0.2) is 0 Å². The molecular formula is C17H18ClNO4. The molecule has 0 saturated carbocycles. The molecule has 0 aliphatic carbocycles. The Morgan fingerprint density at radius 2 is 1.83 bits per heavy atom. The minimum atomic E-state index is -0.731. The van der Waals surface area contributed by atoms with Crippen LogP contribution < -0.4 is 19.5 Å². The lowest BCUT2D eigenvalue weighted by atomic mass is 10.2. The van der Waals surface area contributed by atoms with Gasteiger partial charge in [-0.3, -0.25) is 4.79 Å². The lowest BCUT2D eigenvalue weighted by Gasteiger charge is -2.17. The van der Waals surface area contributed by atoms with Crippen molar-refractivity contribution in [3.8, 4) is 17.2 Å². The standard InChI is InChI=1S/C17H18ClNO4/c1-11(23-15-7-5-4-6-13(15)18)17(20)19-14-10-12(21-2)8-9-16(14)22-3/h4-11H,1-3H3,(H,19,20)/t11-/m0/s1. The Bertz CT molecular complexity index is 690. The Morgan fingerprint density at radius 3 is 2.48 bits per heavy atom. The number of halogens is 1. The van der Waals surface area contributed by atoms with Gasteiger partial charge in [0.2, 0.25) is 0 Å². The topological polar surface area (TPSA) is 56.8 Å². The van der Waals surface area contributed by atoms with Gasteiger partial charge in [0.1, 0.15) is 17.2 Å². The predicted molar refractivity (Wildman–Crippen MR) is 89.7 cm³/mol. The second-order valence-corrected chi connectivity index (χ2v) is 5.15. The fraction of sp³-hybridized carbons (Fsp3) is 0.235. The molecule has 0 heterocycles. The zero-order chi connectivity index (χ0) is 16.8. The van der Waals surface area contributed by atoms with E-state index >= 15 is 0 Å². The van der Waals surface area contributed by atoms with Crippen LogP contribution in [0.15, 0.2) is 42.5 Å². The van der Waals surface area contributed by atoms with Gasteiger partial charge >= 0.3 is 0 Å². The highest BCUT2D eigenvalue weighted by atomic mass is 35.5. The summed E-state index contributed by atoms with van der Waals surface area (Å²) in [4.78, 5) is 12.3. The van der Waals surface area contributed by atoms with Gasteiger partial charge in [0.05, 0.1) is 24.9 Å². The monoisotopic (exact) mass is 335 g/mol. The van der Waals surface area contributed by atoms with Crippen LogP contribution in [-0.4, -0.2) is 26.2 Å². The van der Waals surface area contributed by atoms with Gasteiger partial charge in [-0.05, 0) is 31.2 Å². The minimum Gasteiger partial charge on any atom is -0.497 e. The molecule has 5 nitrogen and oxygen atoms in total. The zero-order valence-electron chi connectivity index (χ0n) is 13.1. The lowest BCUT2D eigenvalue weighted by molar-refractivity contribution is -0.122. The lowest BCUT2D eigenvalue weighted by Crippen LogP contribution is -2.30. The summed E-state index contributed by atoms with van der Waals surface area (Å²) in [6.45, 7) is 1.64. The van der Waals surface area contributed by atoms with Crippen molar-refractivity contribution < 1.29 is 19.0 Å². The van der Waals surface area contributed by atoms with E-state index in [9.17, 15) is 4.79 Å². The zero-order valence-corrected chi connectivity index (χ0v) is 13.9. The first kappa shape index (κ1) is 17.0. The predicted octanol–water partition coefficient (Wildman–Crippen LogP) is 3.76. The molecule has 0 unspecified atom stereocenters. The molecule has 2 aromatic rings. The number of rotatable bonds is 6. The minimum absolute atomic E-state index is 0.323. The Balaban J connectivity index is 2.10. The highest BCUT2D eigenvalue weighted by molar-refractivity contribution is 6.32. The van der Waals surface area contributed by atoms with E-state index in [1.165, 1.54) is 7.11 Å². The maximum Gasteiger partial charge on any atom is 0.265 e. The van der Waals surface area contributed by atoms with Crippen LogP contribution in [0.5, 0.6) is 17.2 Å². The molecule has 0 aliphatic rings. The van der Waals surface area contributed by atoms with E-state index in [-0.39, 0.29) is 5.91 Å². The molecule has 2 rings (SSSR count). The van der Waals surface area contributed by atoms with Crippen LogP contribution in [0.3, 0.4) is 0 Å². The number of anilines is 1. The van der Waals surface area contributed by atoms with Crippen molar-refractivity contribution in [3.63, 3.8) is 0 Å². The van der Waals surface area contributed by atoms with Crippen LogP contribution in [0.1, 0.15) is 6.92 Å². The average molecular weight is 336 g/mol. The number of carbonyl (C=O) groups excluding carboxylic acids is 1. The molecule has 0 spiro atoms. The van der Waals surface area contributed by atoms with Crippen molar-refractivity contribution in [2.45, 2.75) is 13.0 Å². The summed E-state index contributed by atoms with van der Waals surface area (Å²) in [5, 5.41) is 3.21. The second kappa shape index (κ2) is 7.74. The number of hydrogen-bond donors (Lipinski definition) is 1. The summed E-state index contributed by atoms with van der Waals surface area (Å²) in [7, 11) is 3.08. The fourth-order valence-corrected chi connectivity index (χ4v) is 2.11. The third kappa shape index (κ3) is 4.29. The van der Waals surface area contributed by atoms with Crippen molar-refractivity contribution in [2.24, 2.45) is 0 Å². The molecule has 122 valence electrons. The molecule has 0 radical (unpaired) electrons. The van der Waals surface area contributed by atoms with Gasteiger partial charge in [0, 0.05) is 6.07 Å². The summed E-state index contributed by atoms with van der Waals surface area (Å²) >= 11 is 6.03. The molecular weight excluding hydrogens is 318 g/mol. The number of para-hydroxylation sites is 1.